The van der Waals surface area contributed by atoms with Gasteiger partial charge in [0.05, 0.1) is 12.1 Å². The molecule has 0 spiro atoms. The lowest BCUT2D eigenvalue weighted by atomic mass is 9.82. The van der Waals surface area contributed by atoms with Crippen molar-refractivity contribution in [1.29, 1.82) is 0 Å². The number of aliphatic hydroxyl groups is 1. The number of likely N-dealkylation sites (N-methyl/N-ethyl adjacent to an activating group) is 1. The molecule has 4 nitrogen and oxygen atoms in total. The summed E-state index contributed by atoms with van der Waals surface area (Å²) in [5.74, 6) is 0.375. The Bertz CT molecular complexity index is 547. The number of amides is 2. The summed E-state index contributed by atoms with van der Waals surface area (Å²) in [6, 6.07) is 8.05. The predicted molar refractivity (Wildman–Crippen MR) is 93.3 cm³/mol. The zero-order valence-corrected chi connectivity index (χ0v) is 15.0. The third-order valence-electron chi connectivity index (χ3n) is 4.48. The van der Waals surface area contributed by atoms with Crippen LogP contribution in [0.4, 0.5) is 4.79 Å². The molecule has 128 valence electrons. The number of aryl methyl sites for hydroxylation is 1. The van der Waals surface area contributed by atoms with Gasteiger partial charge in [-0.05, 0) is 36.7 Å². The molecule has 0 aliphatic heterocycles. The van der Waals surface area contributed by atoms with Gasteiger partial charge in [0.2, 0.25) is 0 Å². The van der Waals surface area contributed by atoms with Crippen LogP contribution in [0, 0.1) is 18.3 Å². The Labute approximate surface area is 139 Å². The Hall–Kier alpha value is -1.55. The standard InChI is InChI=1S/C19H30N2O2/c1-13-7-6-8-15(11-13)17(19(2,3)4)20-18(23)21(5)12-16(22)14-9-10-14/h6-8,11,14,16-17,22H,9-10,12H2,1-5H3,(H,20,23). The number of carbonyl (C=O) groups excluding carboxylic acids is 1. The summed E-state index contributed by atoms with van der Waals surface area (Å²) in [6.45, 7) is 8.82. The fraction of sp³-hybridized carbons (Fsp3) is 0.632. The molecule has 1 fully saturated rings. The third-order valence-corrected chi connectivity index (χ3v) is 4.48. The van der Waals surface area contributed by atoms with Gasteiger partial charge in [0.25, 0.3) is 0 Å². The van der Waals surface area contributed by atoms with Gasteiger partial charge in [-0.3, -0.25) is 0 Å². The molecule has 1 aromatic carbocycles. The van der Waals surface area contributed by atoms with E-state index in [9.17, 15) is 9.90 Å². The molecule has 23 heavy (non-hydrogen) atoms. The summed E-state index contributed by atoms with van der Waals surface area (Å²) in [7, 11) is 1.75. The van der Waals surface area contributed by atoms with Crippen molar-refractivity contribution >= 4 is 6.03 Å². The van der Waals surface area contributed by atoms with Gasteiger partial charge in [-0.2, -0.15) is 0 Å². The first-order chi connectivity index (χ1) is 10.7. The topological polar surface area (TPSA) is 52.6 Å². The number of nitrogens with one attached hydrogen (secondary N) is 1. The highest BCUT2D eigenvalue weighted by Crippen LogP contribution is 2.34. The number of hydrogen-bond acceptors (Lipinski definition) is 2. The van der Waals surface area contributed by atoms with E-state index < -0.39 is 6.10 Å². The predicted octanol–water partition coefficient (Wildman–Crippen LogP) is 3.49. The number of urea groups is 1. The van der Waals surface area contributed by atoms with Crippen LogP contribution in [0.15, 0.2) is 24.3 Å². The molecular weight excluding hydrogens is 288 g/mol. The molecule has 2 N–H and O–H groups in total. The van der Waals surface area contributed by atoms with E-state index >= 15 is 0 Å². The SMILES string of the molecule is Cc1cccc(C(NC(=O)N(C)CC(O)C2CC2)C(C)(C)C)c1. The Kier molecular flexibility index (Phi) is 5.35. The maximum absolute atomic E-state index is 12.5. The van der Waals surface area contributed by atoms with E-state index in [0.29, 0.717) is 12.5 Å². The molecule has 0 radical (unpaired) electrons. The second-order valence-corrected chi connectivity index (χ2v) is 7.95. The highest BCUT2D eigenvalue weighted by atomic mass is 16.3. The van der Waals surface area contributed by atoms with Crippen LogP contribution in [0.2, 0.25) is 0 Å². The van der Waals surface area contributed by atoms with Crippen molar-refractivity contribution in [3.63, 3.8) is 0 Å². The summed E-state index contributed by atoms with van der Waals surface area (Å²) < 4.78 is 0. The highest BCUT2D eigenvalue weighted by Gasteiger charge is 2.33. The van der Waals surface area contributed by atoms with Crippen molar-refractivity contribution in [2.24, 2.45) is 11.3 Å². The molecule has 1 aromatic rings. The molecule has 4 heteroatoms. The average Bonchev–Trinajstić information content (AvgIpc) is 3.27. The van der Waals surface area contributed by atoms with E-state index in [2.05, 4.69) is 51.2 Å². The second kappa shape index (κ2) is 6.91. The van der Waals surface area contributed by atoms with Gasteiger partial charge < -0.3 is 15.3 Å². The fourth-order valence-electron chi connectivity index (χ4n) is 2.88. The van der Waals surface area contributed by atoms with Crippen LogP contribution in [0.5, 0.6) is 0 Å². The van der Waals surface area contributed by atoms with Crippen LogP contribution in [0.1, 0.15) is 50.8 Å². The number of carbonyl (C=O) groups is 1. The average molecular weight is 318 g/mol. The fourth-order valence-corrected chi connectivity index (χ4v) is 2.88. The Morgan fingerprint density at radius 3 is 2.57 bits per heavy atom. The van der Waals surface area contributed by atoms with Gasteiger partial charge in [0, 0.05) is 13.6 Å². The summed E-state index contributed by atoms with van der Waals surface area (Å²) in [4.78, 5) is 14.1. The van der Waals surface area contributed by atoms with Crippen molar-refractivity contribution in [3.05, 3.63) is 35.4 Å². The van der Waals surface area contributed by atoms with Crippen LogP contribution in [0.25, 0.3) is 0 Å². The van der Waals surface area contributed by atoms with Crippen molar-refractivity contribution in [3.8, 4) is 0 Å². The van der Waals surface area contributed by atoms with Crippen LogP contribution >= 0.6 is 0 Å². The molecule has 2 rings (SSSR count). The monoisotopic (exact) mass is 318 g/mol. The van der Waals surface area contributed by atoms with E-state index in [1.54, 1.807) is 11.9 Å². The van der Waals surface area contributed by atoms with E-state index in [1.807, 2.05) is 6.07 Å². The second-order valence-electron chi connectivity index (χ2n) is 7.95. The first-order valence-electron chi connectivity index (χ1n) is 8.44. The van der Waals surface area contributed by atoms with Crippen molar-refractivity contribution in [2.75, 3.05) is 13.6 Å². The molecule has 1 aliphatic carbocycles. The molecule has 1 saturated carbocycles. The lowest BCUT2D eigenvalue weighted by Gasteiger charge is -2.34. The smallest absolute Gasteiger partial charge is 0.317 e. The number of rotatable bonds is 5. The van der Waals surface area contributed by atoms with Gasteiger partial charge >= 0.3 is 6.03 Å². The van der Waals surface area contributed by atoms with Gasteiger partial charge in [0.15, 0.2) is 0 Å². The van der Waals surface area contributed by atoms with Crippen LogP contribution < -0.4 is 5.32 Å². The molecule has 2 atom stereocenters. The maximum atomic E-state index is 12.5. The number of benzene rings is 1. The van der Waals surface area contributed by atoms with Crippen LogP contribution in [-0.4, -0.2) is 35.7 Å². The van der Waals surface area contributed by atoms with Gasteiger partial charge in [-0.15, -0.1) is 0 Å². The van der Waals surface area contributed by atoms with E-state index in [0.717, 1.165) is 18.4 Å². The molecule has 2 amide bonds. The van der Waals surface area contributed by atoms with Gasteiger partial charge in [-0.1, -0.05) is 50.6 Å². The van der Waals surface area contributed by atoms with Gasteiger partial charge in [0.1, 0.15) is 0 Å². The van der Waals surface area contributed by atoms with Crippen LogP contribution in [0.3, 0.4) is 0 Å². The number of hydrogen-bond donors (Lipinski definition) is 2. The first kappa shape index (κ1) is 17.8. The molecule has 1 aliphatic rings. The molecule has 0 bridgehead atoms. The minimum atomic E-state index is -0.405. The molecule has 2 unspecified atom stereocenters. The summed E-state index contributed by atoms with van der Waals surface area (Å²) in [5.41, 5.74) is 2.20. The minimum absolute atomic E-state index is 0.0737. The summed E-state index contributed by atoms with van der Waals surface area (Å²) >= 11 is 0. The van der Waals surface area contributed by atoms with E-state index in [4.69, 9.17) is 0 Å². The Morgan fingerprint density at radius 2 is 2.04 bits per heavy atom. The lowest BCUT2D eigenvalue weighted by molar-refractivity contribution is 0.110. The summed E-state index contributed by atoms with van der Waals surface area (Å²) in [5, 5.41) is 13.2. The van der Waals surface area contributed by atoms with E-state index in [1.165, 1.54) is 5.56 Å². The third kappa shape index (κ3) is 4.96. The normalized spacial score (nSPS) is 17.5. The zero-order valence-electron chi connectivity index (χ0n) is 15.0. The molecule has 0 saturated heterocycles. The Balaban J connectivity index is 2.06. The Morgan fingerprint density at radius 1 is 1.39 bits per heavy atom. The number of nitrogens with zero attached hydrogens (tertiary/aromatic N) is 1. The summed E-state index contributed by atoms with van der Waals surface area (Å²) in [6.07, 6.45) is 1.74. The molecule has 0 heterocycles. The van der Waals surface area contributed by atoms with Crippen molar-refractivity contribution in [2.45, 2.75) is 52.7 Å². The van der Waals surface area contributed by atoms with Crippen LogP contribution in [-0.2, 0) is 0 Å². The number of aliphatic hydroxyl groups excluding tert-OH is 1. The van der Waals surface area contributed by atoms with Gasteiger partial charge in [-0.25, -0.2) is 4.79 Å². The maximum Gasteiger partial charge on any atom is 0.317 e. The quantitative estimate of drug-likeness (QED) is 0.873. The lowest BCUT2D eigenvalue weighted by Crippen LogP contribution is -2.46. The molecule has 0 aromatic heterocycles. The van der Waals surface area contributed by atoms with Crippen molar-refractivity contribution < 1.29 is 9.90 Å². The minimum Gasteiger partial charge on any atom is -0.391 e. The largest absolute Gasteiger partial charge is 0.391 e. The molecular formula is C19H30N2O2. The first-order valence-corrected chi connectivity index (χ1v) is 8.44. The zero-order chi connectivity index (χ0) is 17.2. The van der Waals surface area contributed by atoms with Crippen molar-refractivity contribution in [1.82, 2.24) is 10.2 Å². The van der Waals surface area contributed by atoms with E-state index in [-0.39, 0.29) is 17.5 Å². The highest BCUT2D eigenvalue weighted by molar-refractivity contribution is 5.74.